The third-order valence-electron chi connectivity index (χ3n) is 8.44. The number of carbonyl (C=O) groups is 1. The lowest BCUT2D eigenvalue weighted by molar-refractivity contribution is -0.132. The predicted octanol–water partition coefficient (Wildman–Crippen LogP) is 3.15. The van der Waals surface area contributed by atoms with Crippen LogP contribution in [0, 0.1) is 28.6 Å². The highest BCUT2D eigenvalue weighted by Gasteiger charge is 2.61. The highest BCUT2D eigenvalue weighted by molar-refractivity contribution is 5.79. The number of nitrogens with one attached hydrogen (secondary N) is 1. The van der Waals surface area contributed by atoms with E-state index in [1.807, 2.05) is 6.08 Å². The van der Waals surface area contributed by atoms with Crippen molar-refractivity contribution >= 4 is 5.91 Å². The Kier molecular flexibility index (Phi) is 3.47. The van der Waals surface area contributed by atoms with Crippen molar-refractivity contribution in [1.29, 1.82) is 0 Å². The molecule has 25 heavy (non-hydrogen) atoms. The van der Waals surface area contributed by atoms with Crippen LogP contribution < -0.4 is 5.32 Å². The smallest absolute Gasteiger partial charge is 0.224 e. The molecule has 4 nitrogen and oxygen atoms in total. The van der Waals surface area contributed by atoms with E-state index in [0.29, 0.717) is 36.4 Å². The van der Waals surface area contributed by atoms with Crippen molar-refractivity contribution in [2.24, 2.45) is 28.6 Å². The number of aliphatic hydroxyl groups excluding tert-OH is 1. The Bertz CT molecular complexity index is 627. The molecule has 7 atom stereocenters. The minimum Gasteiger partial charge on any atom is -0.389 e. The molecule has 0 aromatic carbocycles. The van der Waals surface area contributed by atoms with Gasteiger partial charge >= 0.3 is 0 Å². The zero-order valence-electron chi connectivity index (χ0n) is 15.5. The summed E-state index contributed by atoms with van der Waals surface area (Å²) >= 11 is 0. The molecule has 0 bridgehead atoms. The molecule has 4 heteroatoms. The molecule has 138 valence electrons. The van der Waals surface area contributed by atoms with Crippen LogP contribution in [0.3, 0.4) is 0 Å². The van der Waals surface area contributed by atoms with Gasteiger partial charge in [-0.25, -0.2) is 0 Å². The number of fused-ring (bicyclic) bond motifs is 5. The molecule has 0 aromatic rings. The minimum atomic E-state index is -0.434. The summed E-state index contributed by atoms with van der Waals surface area (Å²) in [6.45, 7) is 4.74. The van der Waals surface area contributed by atoms with E-state index in [2.05, 4.69) is 19.2 Å². The molecular formula is C21H31NO3. The molecule has 1 saturated heterocycles. The predicted molar refractivity (Wildman–Crippen MR) is 94.5 cm³/mol. The zero-order chi connectivity index (χ0) is 17.4. The highest BCUT2D eigenvalue weighted by atomic mass is 16.5. The first-order valence-electron chi connectivity index (χ1n) is 10.3. The Morgan fingerprint density at radius 3 is 2.68 bits per heavy atom. The van der Waals surface area contributed by atoms with Crippen LogP contribution in [0.2, 0.25) is 0 Å². The number of ether oxygens (including phenoxy) is 1. The van der Waals surface area contributed by atoms with E-state index in [-0.39, 0.29) is 16.7 Å². The van der Waals surface area contributed by atoms with Crippen LogP contribution in [0.5, 0.6) is 0 Å². The molecular weight excluding hydrogens is 314 g/mol. The first kappa shape index (κ1) is 16.3. The molecule has 1 heterocycles. The monoisotopic (exact) mass is 345 g/mol. The third kappa shape index (κ3) is 2.29. The van der Waals surface area contributed by atoms with Gasteiger partial charge in [0.1, 0.15) is 0 Å². The molecule has 5 rings (SSSR count). The standard InChI is InChI=1S/C21H31NO3/c1-20-10-8-18(24)22-16(20)11-15(23)19-13-5-6-17(25-12-3-4-12)21(13,2)9-7-14(19)20/h11-15,17,19,23H,3-10H2,1-2H3,(H,22,24)/t13-,14+,15?,17?,19-,20+,21-/m0/s1. The van der Waals surface area contributed by atoms with E-state index in [1.165, 1.54) is 25.7 Å². The molecule has 4 aliphatic carbocycles. The summed E-state index contributed by atoms with van der Waals surface area (Å²) in [4.78, 5) is 11.9. The summed E-state index contributed by atoms with van der Waals surface area (Å²) in [7, 11) is 0. The molecule has 1 aliphatic heterocycles. The number of hydrogen-bond acceptors (Lipinski definition) is 3. The fourth-order valence-electron chi connectivity index (χ4n) is 6.79. The van der Waals surface area contributed by atoms with Gasteiger partial charge in [-0.1, -0.05) is 13.8 Å². The van der Waals surface area contributed by atoms with Crippen LogP contribution in [0.1, 0.15) is 65.2 Å². The van der Waals surface area contributed by atoms with Crippen molar-refractivity contribution < 1.29 is 14.6 Å². The Balaban J connectivity index is 1.47. The van der Waals surface area contributed by atoms with Crippen molar-refractivity contribution in [1.82, 2.24) is 5.32 Å². The molecule has 0 radical (unpaired) electrons. The number of piperidine rings is 1. The van der Waals surface area contributed by atoms with Crippen molar-refractivity contribution in [2.45, 2.75) is 83.5 Å². The van der Waals surface area contributed by atoms with E-state index in [0.717, 1.165) is 25.0 Å². The molecule has 3 saturated carbocycles. The summed E-state index contributed by atoms with van der Waals surface area (Å²) in [5.41, 5.74) is 1.23. The average Bonchev–Trinajstić information content (AvgIpc) is 3.32. The molecule has 2 N–H and O–H groups in total. The lowest BCUT2D eigenvalue weighted by Gasteiger charge is -2.58. The van der Waals surface area contributed by atoms with Gasteiger partial charge in [0.05, 0.1) is 18.3 Å². The molecule has 5 aliphatic rings. The van der Waals surface area contributed by atoms with Crippen LogP contribution in [-0.2, 0) is 9.53 Å². The first-order chi connectivity index (χ1) is 11.9. The van der Waals surface area contributed by atoms with E-state index >= 15 is 0 Å². The molecule has 2 unspecified atom stereocenters. The number of aliphatic hydroxyl groups is 1. The SMILES string of the molecule is C[C@]12CCC(=O)NC1=CC(O)[C@@H]1[C@H]2CC[C@]2(C)C(OC3CC3)CC[C@@H]12. The highest BCUT2D eigenvalue weighted by Crippen LogP contribution is 2.64. The number of rotatable bonds is 2. The normalized spacial score (nSPS) is 51.9. The van der Waals surface area contributed by atoms with E-state index in [1.54, 1.807) is 0 Å². The maximum atomic E-state index is 11.9. The van der Waals surface area contributed by atoms with E-state index in [4.69, 9.17) is 4.74 Å². The van der Waals surface area contributed by atoms with E-state index in [9.17, 15) is 9.90 Å². The quantitative estimate of drug-likeness (QED) is 0.808. The van der Waals surface area contributed by atoms with Gasteiger partial charge in [-0.05, 0) is 74.2 Å². The molecule has 1 amide bonds. The van der Waals surface area contributed by atoms with Crippen molar-refractivity contribution in [3.63, 3.8) is 0 Å². The van der Waals surface area contributed by atoms with Gasteiger partial charge in [0.25, 0.3) is 0 Å². The second-order valence-electron chi connectivity index (χ2n) is 9.77. The van der Waals surface area contributed by atoms with Gasteiger partial charge in [0.15, 0.2) is 0 Å². The fraction of sp³-hybridized carbons (Fsp3) is 0.857. The average molecular weight is 345 g/mol. The van der Waals surface area contributed by atoms with Gasteiger partial charge in [-0.3, -0.25) is 4.79 Å². The van der Waals surface area contributed by atoms with Crippen LogP contribution in [0.4, 0.5) is 0 Å². The summed E-state index contributed by atoms with van der Waals surface area (Å²) in [5.74, 6) is 1.43. The van der Waals surface area contributed by atoms with Crippen LogP contribution >= 0.6 is 0 Å². The van der Waals surface area contributed by atoms with Crippen LogP contribution in [0.15, 0.2) is 11.8 Å². The van der Waals surface area contributed by atoms with Crippen LogP contribution in [-0.4, -0.2) is 29.3 Å². The number of carbonyl (C=O) groups excluding carboxylic acids is 1. The molecule has 0 spiro atoms. The lowest BCUT2D eigenvalue weighted by atomic mass is 9.49. The van der Waals surface area contributed by atoms with Gasteiger partial charge in [0, 0.05) is 17.5 Å². The van der Waals surface area contributed by atoms with Crippen molar-refractivity contribution in [3.8, 4) is 0 Å². The second kappa shape index (κ2) is 5.32. The maximum Gasteiger partial charge on any atom is 0.224 e. The second-order valence-corrected chi connectivity index (χ2v) is 9.77. The summed E-state index contributed by atoms with van der Waals surface area (Å²) in [6.07, 6.45) is 11.1. The van der Waals surface area contributed by atoms with Gasteiger partial charge < -0.3 is 15.2 Å². The topological polar surface area (TPSA) is 58.6 Å². The van der Waals surface area contributed by atoms with Crippen molar-refractivity contribution in [2.75, 3.05) is 0 Å². The van der Waals surface area contributed by atoms with Crippen LogP contribution in [0.25, 0.3) is 0 Å². The summed E-state index contributed by atoms with van der Waals surface area (Å²) in [6, 6.07) is 0. The summed E-state index contributed by atoms with van der Waals surface area (Å²) in [5, 5.41) is 14.1. The third-order valence-corrected chi connectivity index (χ3v) is 8.44. The number of hydrogen-bond donors (Lipinski definition) is 2. The van der Waals surface area contributed by atoms with Gasteiger partial charge in [-0.2, -0.15) is 0 Å². The Morgan fingerprint density at radius 2 is 1.92 bits per heavy atom. The largest absolute Gasteiger partial charge is 0.389 e. The Hall–Kier alpha value is -0.870. The fourth-order valence-corrected chi connectivity index (χ4v) is 6.79. The zero-order valence-corrected chi connectivity index (χ0v) is 15.5. The number of amides is 1. The Morgan fingerprint density at radius 1 is 1.12 bits per heavy atom. The molecule has 0 aromatic heterocycles. The van der Waals surface area contributed by atoms with Gasteiger partial charge in [-0.15, -0.1) is 0 Å². The Labute approximate surface area is 150 Å². The first-order valence-corrected chi connectivity index (χ1v) is 10.3. The lowest BCUT2D eigenvalue weighted by Crippen LogP contribution is -2.57. The summed E-state index contributed by atoms with van der Waals surface area (Å²) < 4.78 is 6.40. The number of allylic oxidation sites excluding steroid dienone is 1. The minimum absolute atomic E-state index is 0.0224. The molecule has 4 fully saturated rings. The van der Waals surface area contributed by atoms with E-state index < -0.39 is 6.10 Å². The maximum absolute atomic E-state index is 11.9. The van der Waals surface area contributed by atoms with Gasteiger partial charge in [0.2, 0.25) is 5.91 Å². The van der Waals surface area contributed by atoms with Crippen molar-refractivity contribution in [3.05, 3.63) is 11.8 Å².